The average Bonchev–Trinajstić information content (AvgIpc) is 2.61. The summed E-state index contributed by atoms with van der Waals surface area (Å²) in [5.74, 6) is 1.29. The van der Waals surface area contributed by atoms with Gasteiger partial charge in [-0.3, -0.25) is 4.79 Å². The number of rotatable bonds is 4. The highest BCUT2D eigenvalue weighted by Crippen LogP contribution is 2.37. The van der Waals surface area contributed by atoms with Gasteiger partial charge in [0, 0.05) is 19.2 Å². The fourth-order valence-electron chi connectivity index (χ4n) is 3.96. The molecular formula is C21H25FN4O. The minimum absolute atomic E-state index is 0.00163. The number of nitrogens with zero attached hydrogens (tertiary/aromatic N) is 2. The molecule has 1 fully saturated rings. The molecule has 6 heteroatoms. The molecule has 2 N–H and O–H groups in total. The second kappa shape index (κ2) is 6.83. The summed E-state index contributed by atoms with van der Waals surface area (Å²) in [4.78, 5) is 18.6. The Kier molecular flexibility index (Phi) is 4.50. The Morgan fingerprint density at radius 2 is 2.00 bits per heavy atom. The first-order valence-electron chi connectivity index (χ1n) is 9.47. The van der Waals surface area contributed by atoms with Gasteiger partial charge >= 0.3 is 0 Å². The number of benzene rings is 1. The summed E-state index contributed by atoms with van der Waals surface area (Å²) in [5, 5.41) is 6.49. The third-order valence-electron chi connectivity index (χ3n) is 5.79. The van der Waals surface area contributed by atoms with Crippen molar-refractivity contribution in [3.63, 3.8) is 0 Å². The maximum atomic E-state index is 13.0. The van der Waals surface area contributed by atoms with Crippen molar-refractivity contribution in [2.24, 2.45) is 5.92 Å². The Bertz CT molecular complexity index is 861. The standard InChI is InChI=1S/C21H25FN4O/c1-12-20-18(26(3)13(2)21(27)25-20)11-19(23-12)24-17-9-15(10-17)8-14-4-6-16(22)7-5-14/h4-7,11,13,15,17H,8-10H2,1-3H3,(H,23,24)(H,25,27)/t13-,15-,17-/m0/s1. The highest BCUT2D eigenvalue weighted by molar-refractivity contribution is 6.04. The monoisotopic (exact) mass is 368 g/mol. The number of likely N-dealkylation sites (N-methyl/N-ethyl adjacent to an activating group) is 1. The van der Waals surface area contributed by atoms with Crippen LogP contribution in [-0.4, -0.2) is 30.0 Å². The summed E-state index contributed by atoms with van der Waals surface area (Å²) < 4.78 is 13.0. The number of pyridine rings is 1. The lowest BCUT2D eigenvalue weighted by Crippen LogP contribution is -2.44. The second-order valence-electron chi connectivity index (χ2n) is 7.77. The maximum Gasteiger partial charge on any atom is 0.246 e. The summed E-state index contributed by atoms with van der Waals surface area (Å²) in [6, 6.07) is 9.02. The molecule has 0 unspecified atom stereocenters. The number of hydrogen-bond acceptors (Lipinski definition) is 4. The third-order valence-corrected chi connectivity index (χ3v) is 5.79. The predicted octanol–water partition coefficient (Wildman–Crippen LogP) is 3.74. The van der Waals surface area contributed by atoms with Crippen LogP contribution in [0.1, 0.15) is 31.0 Å². The van der Waals surface area contributed by atoms with Gasteiger partial charge in [0.05, 0.1) is 17.1 Å². The molecule has 2 heterocycles. The van der Waals surface area contributed by atoms with Crippen LogP contribution in [0.25, 0.3) is 0 Å². The summed E-state index contributed by atoms with van der Waals surface area (Å²) >= 11 is 0. The lowest BCUT2D eigenvalue weighted by molar-refractivity contribution is -0.117. The van der Waals surface area contributed by atoms with E-state index in [1.54, 1.807) is 0 Å². The van der Waals surface area contributed by atoms with Gasteiger partial charge in [0.1, 0.15) is 17.7 Å². The van der Waals surface area contributed by atoms with E-state index in [-0.39, 0.29) is 17.8 Å². The molecule has 1 aromatic carbocycles. The number of anilines is 3. The van der Waals surface area contributed by atoms with E-state index in [1.165, 1.54) is 17.7 Å². The number of carbonyl (C=O) groups excluding carboxylic acids is 1. The lowest BCUT2D eigenvalue weighted by atomic mass is 9.76. The number of hydrogen-bond donors (Lipinski definition) is 2. The van der Waals surface area contributed by atoms with Crippen LogP contribution in [0.3, 0.4) is 0 Å². The first-order chi connectivity index (χ1) is 12.9. The molecule has 142 valence electrons. The van der Waals surface area contributed by atoms with Gasteiger partial charge in [0.25, 0.3) is 0 Å². The van der Waals surface area contributed by atoms with Crippen LogP contribution in [0.4, 0.5) is 21.6 Å². The zero-order valence-electron chi connectivity index (χ0n) is 15.9. The molecule has 0 radical (unpaired) electrons. The predicted molar refractivity (Wildman–Crippen MR) is 106 cm³/mol. The molecule has 2 aliphatic rings. The second-order valence-corrected chi connectivity index (χ2v) is 7.77. The fourth-order valence-corrected chi connectivity index (χ4v) is 3.96. The van der Waals surface area contributed by atoms with Gasteiger partial charge in [0.15, 0.2) is 0 Å². The number of aromatic nitrogens is 1. The first kappa shape index (κ1) is 17.8. The third kappa shape index (κ3) is 3.48. The maximum absolute atomic E-state index is 13.0. The van der Waals surface area contributed by atoms with Crippen LogP contribution in [0, 0.1) is 18.7 Å². The van der Waals surface area contributed by atoms with Gasteiger partial charge in [0.2, 0.25) is 5.91 Å². The van der Waals surface area contributed by atoms with E-state index in [9.17, 15) is 9.18 Å². The highest BCUT2D eigenvalue weighted by atomic mass is 19.1. The van der Waals surface area contributed by atoms with Crippen LogP contribution < -0.4 is 15.5 Å². The van der Waals surface area contributed by atoms with E-state index >= 15 is 0 Å². The number of aryl methyl sites for hydroxylation is 1. The van der Waals surface area contributed by atoms with Gasteiger partial charge in [-0.25, -0.2) is 9.37 Å². The van der Waals surface area contributed by atoms with E-state index in [0.29, 0.717) is 12.0 Å². The van der Waals surface area contributed by atoms with Gasteiger partial charge < -0.3 is 15.5 Å². The number of halogens is 1. The Morgan fingerprint density at radius 1 is 1.30 bits per heavy atom. The van der Waals surface area contributed by atoms with Crippen molar-refractivity contribution >= 4 is 23.1 Å². The Hall–Kier alpha value is -2.63. The van der Waals surface area contributed by atoms with Crippen molar-refractivity contribution in [2.45, 2.75) is 45.2 Å². The van der Waals surface area contributed by atoms with Crippen molar-refractivity contribution in [2.75, 3.05) is 22.6 Å². The normalized spacial score (nSPS) is 24.1. The quantitative estimate of drug-likeness (QED) is 0.863. The molecule has 1 aliphatic carbocycles. The van der Waals surface area contributed by atoms with Crippen molar-refractivity contribution in [3.05, 3.63) is 47.4 Å². The van der Waals surface area contributed by atoms with Crippen LogP contribution in [0.5, 0.6) is 0 Å². The van der Waals surface area contributed by atoms with Crippen molar-refractivity contribution in [3.8, 4) is 0 Å². The lowest BCUT2D eigenvalue weighted by Gasteiger charge is -2.37. The molecule has 0 bridgehead atoms. The average molecular weight is 368 g/mol. The molecule has 0 spiro atoms. The largest absolute Gasteiger partial charge is 0.367 e. The fraction of sp³-hybridized carbons (Fsp3) is 0.429. The van der Waals surface area contributed by atoms with Gasteiger partial charge in [-0.2, -0.15) is 0 Å². The zero-order chi connectivity index (χ0) is 19.1. The molecule has 1 aliphatic heterocycles. The van der Waals surface area contributed by atoms with E-state index in [1.807, 2.05) is 44.0 Å². The van der Waals surface area contributed by atoms with Crippen LogP contribution >= 0.6 is 0 Å². The minimum atomic E-state index is -0.198. The summed E-state index contributed by atoms with van der Waals surface area (Å²) in [5.41, 5.74) is 3.81. The van der Waals surface area contributed by atoms with E-state index in [0.717, 1.165) is 42.1 Å². The zero-order valence-corrected chi connectivity index (χ0v) is 15.9. The molecule has 5 nitrogen and oxygen atoms in total. The molecule has 1 saturated carbocycles. The van der Waals surface area contributed by atoms with Crippen molar-refractivity contribution < 1.29 is 9.18 Å². The Morgan fingerprint density at radius 3 is 2.70 bits per heavy atom. The van der Waals surface area contributed by atoms with E-state index < -0.39 is 0 Å². The van der Waals surface area contributed by atoms with Crippen molar-refractivity contribution in [1.29, 1.82) is 0 Å². The van der Waals surface area contributed by atoms with Gasteiger partial charge in [-0.05, 0) is 56.7 Å². The number of amides is 1. The van der Waals surface area contributed by atoms with Crippen molar-refractivity contribution in [1.82, 2.24) is 4.98 Å². The highest BCUT2D eigenvalue weighted by Gasteiger charge is 2.31. The molecule has 1 aromatic heterocycles. The molecule has 2 aromatic rings. The first-order valence-corrected chi connectivity index (χ1v) is 9.47. The summed E-state index contributed by atoms with van der Waals surface area (Å²) in [6.45, 7) is 3.82. The number of nitrogens with one attached hydrogen (secondary N) is 2. The molecule has 1 atom stereocenters. The van der Waals surface area contributed by atoms with Crippen LogP contribution in [-0.2, 0) is 11.2 Å². The van der Waals surface area contributed by atoms with Gasteiger partial charge in [-0.1, -0.05) is 12.1 Å². The van der Waals surface area contributed by atoms with E-state index in [4.69, 9.17) is 0 Å². The van der Waals surface area contributed by atoms with Crippen LogP contribution in [0.15, 0.2) is 30.3 Å². The molecule has 4 rings (SSSR count). The van der Waals surface area contributed by atoms with Gasteiger partial charge in [-0.15, -0.1) is 0 Å². The van der Waals surface area contributed by atoms with E-state index in [2.05, 4.69) is 15.6 Å². The van der Waals surface area contributed by atoms with Crippen LogP contribution in [0.2, 0.25) is 0 Å². The molecule has 0 saturated heterocycles. The molecular weight excluding hydrogens is 343 g/mol. The number of carbonyl (C=O) groups is 1. The molecule has 27 heavy (non-hydrogen) atoms. The minimum Gasteiger partial charge on any atom is -0.367 e. The smallest absolute Gasteiger partial charge is 0.246 e. The summed E-state index contributed by atoms with van der Waals surface area (Å²) in [6.07, 6.45) is 3.15. The summed E-state index contributed by atoms with van der Waals surface area (Å²) in [7, 11) is 1.94. The number of fused-ring (bicyclic) bond motifs is 1. The Balaban J connectivity index is 1.39. The Labute approximate surface area is 159 Å². The SMILES string of the molecule is Cc1nc(N[C@H]2C[C@H](Cc3ccc(F)cc3)C2)cc2c1NC(=O)[C@H](C)N2C. The topological polar surface area (TPSA) is 57.3 Å². The molecule has 1 amide bonds.